The maximum atomic E-state index is 13.5. The first-order valence-electron chi connectivity index (χ1n) is 47.2. The summed E-state index contributed by atoms with van der Waals surface area (Å²) in [5, 5.41) is 121. The number of carbonyl (C=O) groups excluding carboxylic acids is 1. The molecule has 1 amide bonds. The number of nitrogens with one attached hydrogen (secondary N) is 1. The molecule has 3 fully saturated rings. The van der Waals surface area contributed by atoms with Crippen LogP contribution in [-0.2, 0) is 33.2 Å². The molecule has 19 nitrogen and oxygen atoms in total. The van der Waals surface area contributed by atoms with Crippen molar-refractivity contribution in [2.45, 2.75) is 523 Å². The zero-order chi connectivity index (χ0) is 81.0. The van der Waals surface area contributed by atoms with Crippen LogP contribution in [-0.4, -0.2) is 193 Å². The lowest BCUT2D eigenvalue weighted by Gasteiger charge is -2.48. The molecule has 19 heteroatoms. The van der Waals surface area contributed by atoms with Gasteiger partial charge in [-0.15, -0.1) is 0 Å². The lowest BCUT2D eigenvalue weighted by atomic mass is 9.96. The topological polar surface area (TPSA) is 307 Å². The summed E-state index contributed by atoms with van der Waals surface area (Å²) in [6.07, 6.45) is 67.7. The first kappa shape index (κ1) is 104. The highest BCUT2D eigenvalue weighted by Crippen LogP contribution is 2.34. The largest absolute Gasteiger partial charge is 0.394 e. The maximum absolute atomic E-state index is 13.5. The number of ether oxygens (including phenoxy) is 6. The first-order chi connectivity index (χ1) is 54.8. The Morgan fingerprint density at radius 1 is 0.312 bits per heavy atom. The van der Waals surface area contributed by atoms with Gasteiger partial charge in [0.1, 0.15) is 73.2 Å². The second kappa shape index (κ2) is 73.0. The van der Waals surface area contributed by atoms with E-state index in [1.54, 1.807) is 6.08 Å². The van der Waals surface area contributed by atoms with Crippen molar-refractivity contribution in [3.63, 3.8) is 0 Å². The van der Waals surface area contributed by atoms with Crippen LogP contribution in [0.4, 0.5) is 0 Å². The Kier molecular flexibility index (Phi) is 67.9. The number of unbranched alkanes of at least 4 members (excludes halogenated alkanes) is 58. The molecule has 0 spiro atoms. The van der Waals surface area contributed by atoms with Gasteiger partial charge < -0.3 is 89.9 Å². The second-order valence-electron chi connectivity index (χ2n) is 33.8. The van der Waals surface area contributed by atoms with Crippen LogP contribution >= 0.6 is 0 Å². The van der Waals surface area contributed by atoms with Crippen molar-refractivity contribution < 1.29 is 89.4 Å². The van der Waals surface area contributed by atoms with Crippen LogP contribution in [0, 0.1) is 0 Å². The standard InChI is InChI=1S/C93H175NO18/c1-3-5-7-9-11-13-15-17-19-21-23-25-27-29-31-32-33-34-35-36-37-38-39-40-41-42-43-44-45-47-49-51-53-55-57-59-61-63-65-67-69-71-81(99)94-76(77(98)70-68-66-64-62-60-58-56-54-52-50-48-46-30-28-26-24-22-20-18-16-14-12-10-8-6-4-2)75-107-91-87(105)84(102)89(79(73-96)109-91)112-93-88(106)85(103)90(80(74-97)110-93)111-92-86(104)83(101)82(100)78(72-95)108-92/h52,54,60,62,68,70,76-80,82-93,95-98,100-106H,3-51,53,55-59,61,63-67,69,71-75H2,1-2H3,(H,94,99)/b54-52+,62-60+,70-68+. The fourth-order valence-corrected chi connectivity index (χ4v) is 16.2. The van der Waals surface area contributed by atoms with Crippen molar-refractivity contribution in [2.75, 3.05) is 26.4 Å². The van der Waals surface area contributed by atoms with Crippen LogP contribution < -0.4 is 5.32 Å². The second-order valence-corrected chi connectivity index (χ2v) is 33.8. The predicted molar refractivity (Wildman–Crippen MR) is 453 cm³/mol. The number of carbonyl (C=O) groups is 1. The van der Waals surface area contributed by atoms with Gasteiger partial charge in [0.05, 0.1) is 38.6 Å². The Bertz CT molecular complexity index is 2160. The van der Waals surface area contributed by atoms with Crippen molar-refractivity contribution in [1.82, 2.24) is 5.32 Å². The Morgan fingerprint density at radius 2 is 0.571 bits per heavy atom. The third kappa shape index (κ3) is 50.8. The van der Waals surface area contributed by atoms with E-state index in [1.807, 2.05) is 6.08 Å². The van der Waals surface area contributed by atoms with Gasteiger partial charge in [-0.2, -0.15) is 0 Å². The highest BCUT2D eigenvalue weighted by Gasteiger charge is 2.54. The average molecular weight is 1600 g/mol. The van der Waals surface area contributed by atoms with Crippen molar-refractivity contribution in [3.05, 3.63) is 36.5 Å². The molecule has 660 valence electrons. The highest BCUT2D eigenvalue weighted by molar-refractivity contribution is 5.76. The normalized spacial score (nSPS) is 25.0. The summed E-state index contributed by atoms with van der Waals surface area (Å²) < 4.78 is 34.5. The maximum Gasteiger partial charge on any atom is 0.220 e. The van der Waals surface area contributed by atoms with Gasteiger partial charge in [-0.25, -0.2) is 0 Å². The molecule has 12 N–H and O–H groups in total. The van der Waals surface area contributed by atoms with E-state index in [0.29, 0.717) is 12.8 Å². The minimum Gasteiger partial charge on any atom is -0.394 e. The van der Waals surface area contributed by atoms with E-state index in [1.165, 1.54) is 340 Å². The molecule has 0 aromatic carbocycles. The van der Waals surface area contributed by atoms with E-state index in [0.717, 1.165) is 44.9 Å². The van der Waals surface area contributed by atoms with E-state index >= 15 is 0 Å². The SMILES string of the molecule is CCCCCCCCCCCCCCCCCC/C=C/CC/C=C/CC/C=C/C(O)C(COC1OC(CO)C(OC2OC(CO)C(OC3OC(CO)C(O)C(O)C3O)C(O)C2O)C(O)C1O)NC(=O)CCCCCCCCCCCCCCCCCCCCCCCCCCCCCCCCCCCCCCCCCCC. The van der Waals surface area contributed by atoms with Gasteiger partial charge in [-0.05, 0) is 44.9 Å². The van der Waals surface area contributed by atoms with Crippen LogP contribution in [0.2, 0.25) is 0 Å². The molecule has 3 aliphatic heterocycles. The Balaban J connectivity index is 1.29. The van der Waals surface area contributed by atoms with Crippen molar-refractivity contribution in [3.8, 4) is 0 Å². The third-order valence-electron chi connectivity index (χ3n) is 23.7. The minimum atomic E-state index is -1.98. The molecule has 17 unspecified atom stereocenters. The number of aliphatic hydroxyl groups is 11. The molecule has 3 aliphatic rings. The van der Waals surface area contributed by atoms with Crippen molar-refractivity contribution in [2.24, 2.45) is 0 Å². The van der Waals surface area contributed by atoms with Crippen LogP contribution in [0.15, 0.2) is 36.5 Å². The fourth-order valence-electron chi connectivity index (χ4n) is 16.2. The Labute approximate surface area is 682 Å². The Morgan fingerprint density at radius 3 is 0.893 bits per heavy atom. The Hall–Kier alpha value is -1.99. The molecule has 17 atom stereocenters. The molecule has 0 aromatic heterocycles. The van der Waals surface area contributed by atoms with Crippen LogP contribution in [0.3, 0.4) is 0 Å². The number of rotatable bonds is 78. The van der Waals surface area contributed by atoms with E-state index in [9.17, 15) is 61.0 Å². The van der Waals surface area contributed by atoms with Crippen molar-refractivity contribution in [1.29, 1.82) is 0 Å². The van der Waals surface area contributed by atoms with E-state index in [-0.39, 0.29) is 18.9 Å². The van der Waals surface area contributed by atoms with Gasteiger partial charge in [-0.3, -0.25) is 4.79 Å². The molecule has 0 radical (unpaired) electrons. The van der Waals surface area contributed by atoms with Gasteiger partial charge in [0.25, 0.3) is 0 Å². The van der Waals surface area contributed by atoms with Gasteiger partial charge in [-0.1, -0.05) is 403 Å². The summed E-state index contributed by atoms with van der Waals surface area (Å²) in [5.41, 5.74) is 0. The van der Waals surface area contributed by atoms with E-state index in [2.05, 4.69) is 43.5 Å². The average Bonchev–Trinajstić information content (AvgIpc) is 0.781. The van der Waals surface area contributed by atoms with Crippen LogP contribution in [0.25, 0.3) is 0 Å². The number of aliphatic hydroxyl groups excluding tert-OH is 11. The fraction of sp³-hybridized carbons (Fsp3) is 0.925. The van der Waals surface area contributed by atoms with E-state index < -0.39 is 124 Å². The molecular weight excluding hydrogens is 1420 g/mol. The summed E-state index contributed by atoms with van der Waals surface area (Å²) in [7, 11) is 0. The minimum absolute atomic E-state index is 0.237. The van der Waals surface area contributed by atoms with Crippen molar-refractivity contribution >= 4 is 5.91 Å². The molecule has 3 saturated heterocycles. The smallest absolute Gasteiger partial charge is 0.220 e. The van der Waals surface area contributed by atoms with E-state index in [4.69, 9.17) is 28.4 Å². The molecule has 112 heavy (non-hydrogen) atoms. The molecule has 3 rings (SSSR count). The number of hydrogen-bond donors (Lipinski definition) is 12. The van der Waals surface area contributed by atoms with Gasteiger partial charge >= 0.3 is 0 Å². The number of allylic oxidation sites excluding steroid dienone is 5. The highest BCUT2D eigenvalue weighted by atomic mass is 16.8. The van der Waals surface area contributed by atoms with Gasteiger partial charge in [0.2, 0.25) is 5.91 Å². The summed E-state index contributed by atoms with van der Waals surface area (Å²) >= 11 is 0. The monoisotopic (exact) mass is 1590 g/mol. The first-order valence-corrected chi connectivity index (χ1v) is 47.2. The summed E-state index contributed by atoms with van der Waals surface area (Å²) in [5.74, 6) is -0.281. The molecule has 0 aromatic rings. The molecule has 0 bridgehead atoms. The lowest BCUT2D eigenvalue weighted by Crippen LogP contribution is -2.66. The van der Waals surface area contributed by atoms with Crippen LogP contribution in [0.1, 0.15) is 418 Å². The lowest BCUT2D eigenvalue weighted by molar-refractivity contribution is -0.379. The summed E-state index contributed by atoms with van der Waals surface area (Å²) in [6.45, 7) is 1.78. The van der Waals surface area contributed by atoms with Gasteiger partial charge in [0.15, 0.2) is 18.9 Å². The quantitative estimate of drug-likeness (QED) is 0.0199. The number of hydrogen-bond acceptors (Lipinski definition) is 18. The predicted octanol–water partition coefficient (Wildman–Crippen LogP) is 18.6. The zero-order valence-corrected chi connectivity index (χ0v) is 71.4. The molecule has 0 saturated carbocycles. The van der Waals surface area contributed by atoms with Crippen LogP contribution in [0.5, 0.6) is 0 Å². The summed E-state index contributed by atoms with van der Waals surface area (Å²) in [6, 6.07) is -0.997. The van der Waals surface area contributed by atoms with Gasteiger partial charge in [0, 0.05) is 6.42 Å². The third-order valence-corrected chi connectivity index (χ3v) is 23.7. The molecular formula is C93H175NO18. The zero-order valence-electron chi connectivity index (χ0n) is 71.4. The molecule has 3 heterocycles. The molecule has 0 aliphatic carbocycles. The summed E-state index contributed by atoms with van der Waals surface area (Å²) in [4.78, 5) is 13.5. The number of amides is 1.